The molecule has 2 aromatic heterocycles. The van der Waals surface area contributed by atoms with E-state index in [0.717, 1.165) is 61.1 Å². The summed E-state index contributed by atoms with van der Waals surface area (Å²) in [7, 11) is 0. The molecule has 0 amide bonds. The molecule has 2 aliphatic heterocycles. The van der Waals surface area contributed by atoms with Crippen molar-refractivity contribution in [1.29, 1.82) is 0 Å². The van der Waals surface area contributed by atoms with Crippen LogP contribution in [-0.4, -0.2) is 72.1 Å². The van der Waals surface area contributed by atoms with Crippen molar-refractivity contribution in [2.24, 2.45) is 0 Å². The van der Waals surface area contributed by atoms with Gasteiger partial charge in [-0.05, 0) is 66.2 Å². The third kappa shape index (κ3) is 6.70. The predicted octanol–water partition coefficient (Wildman–Crippen LogP) is 6.05. The first-order chi connectivity index (χ1) is 22.4. The number of morpholine rings is 2. The highest BCUT2D eigenvalue weighted by atomic mass is 19.4. The average Bonchev–Trinajstić information content (AvgIpc) is 3.48. The first kappa shape index (κ1) is 29.8. The molecule has 7 rings (SSSR count). The van der Waals surface area contributed by atoms with E-state index in [-0.39, 0.29) is 6.54 Å². The van der Waals surface area contributed by atoms with Crippen molar-refractivity contribution in [2.75, 3.05) is 73.0 Å². The Morgan fingerprint density at radius 2 is 1.22 bits per heavy atom. The van der Waals surface area contributed by atoms with Gasteiger partial charge in [0.25, 0.3) is 0 Å². The van der Waals surface area contributed by atoms with E-state index in [1.807, 2.05) is 24.3 Å². The average molecular weight is 631 g/mol. The van der Waals surface area contributed by atoms with E-state index in [9.17, 15) is 13.2 Å². The lowest BCUT2D eigenvalue weighted by Crippen LogP contribution is -2.36. The fraction of sp³-hybridized carbons (Fsp3) is 0.303. The molecular weight excluding hydrogens is 597 g/mol. The van der Waals surface area contributed by atoms with Gasteiger partial charge in [0, 0.05) is 48.9 Å². The number of fused-ring (bicyclic) bond motifs is 1. The highest BCUT2D eigenvalue weighted by Crippen LogP contribution is 2.31. The molecule has 0 saturated carbocycles. The molecule has 0 bridgehead atoms. The number of benzene rings is 3. The molecular formula is C33H33F3N8O2. The summed E-state index contributed by atoms with van der Waals surface area (Å²) >= 11 is 0. The summed E-state index contributed by atoms with van der Waals surface area (Å²) in [6.45, 7) is 6.50. The number of anilines is 6. The van der Waals surface area contributed by atoms with Gasteiger partial charge in [0.1, 0.15) is 0 Å². The minimum absolute atomic E-state index is 0.285. The third-order valence-corrected chi connectivity index (χ3v) is 8.10. The Kier molecular flexibility index (Phi) is 8.33. The van der Waals surface area contributed by atoms with Crippen LogP contribution >= 0.6 is 0 Å². The standard InChI is InChI=1S/C33H33F3N8O2/c34-33(35,36)24-3-1-23(2-4-24)21-44-22-37-29-30(38-25-5-9-27(10-6-25)42-13-17-45-18-14-42)40-32(41-31(29)44)39-26-7-11-28(12-8-26)43-15-19-46-20-16-43/h1-12,22H,13-21H2,(H2,38,39,40,41). The lowest BCUT2D eigenvalue weighted by Gasteiger charge is -2.29. The minimum Gasteiger partial charge on any atom is -0.378 e. The van der Waals surface area contributed by atoms with Gasteiger partial charge in [0.05, 0.1) is 44.9 Å². The van der Waals surface area contributed by atoms with Gasteiger partial charge >= 0.3 is 6.18 Å². The second kappa shape index (κ2) is 12.9. The van der Waals surface area contributed by atoms with Crippen LogP contribution in [0, 0.1) is 0 Å². The van der Waals surface area contributed by atoms with Crippen molar-refractivity contribution in [2.45, 2.75) is 12.7 Å². The quantitative estimate of drug-likeness (QED) is 0.213. The zero-order valence-corrected chi connectivity index (χ0v) is 25.0. The van der Waals surface area contributed by atoms with E-state index >= 15 is 0 Å². The van der Waals surface area contributed by atoms with Crippen molar-refractivity contribution < 1.29 is 22.6 Å². The Balaban J connectivity index is 1.18. The number of ether oxygens (including phenoxy) is 2. The Labute approximate surface area is 263 Å². The number of imidazole rings is 1. The monoisotopic (exact) mass is 630 g/mol. The molecule has 2 fully saturated rings. The molecule has 46 heavy (non-hydrogen) atoms. The maximum Gasteiger partial charge on any atom is 0.416 e. The predicted molar refractivity (Wildman–Crippen MR) is 171 cm³/mol. The summed E-state index contributed by atoms with van der Waals surface area (Å²) in [5.41, 5.74) is 4.94. The Hall–Kier alpha value is -4.88. The fourth-order valence-corrected chi connectivity index (χ4v) is 5.62. The molecule has 0 unspecified atom stereocenters. The van der Waals surface area contributed by atoms with E-state index in [1.165, 1.54) is 12.1 Å². The molecule has 3 aromatic carbocycles. The number of hydrogen-bond donors (Lipinski definition) is 2. The summed E-state index contributed by atoms with van der Waals surface area (Å²) in [6, 6.07) is 21.3. The normalized spacial score (nSPS) is 15.7. The molecule has 2 aliphatic rings. The van der Waals surface area contributed by atoms with Crippen LogP contribution in [0.1, 0.15) is 11.1 Å². The van der Waals surface area contributed by atoms with Gasteiger partial charge in [0.15, 0.2) is 17.0 Å². The maximum atomic E-state index is 13.1. The highest BCUT2D eigenvalue weighted by molar-refractivity contribution is 5.87. The Morgan fingerprint density at radius 1 is 0.674 bits per heavy atom. The van der Waals surface area contributed by atoms with Gasteiger partial charge in [-0.3, -0.25) is 0 Å². The van der Waals surface area contributed by atoms with E-state index in [2.05, 4.69) is 49.7 Å². The molecule has 4 heterocycles. The van der Waals surface area contributed by atoms with Crippen LogP contribution in [-0.2, 0) is 22.2 Å². The van der Waals surface area contributed by atoms with Crippen LogP contribution in [0.25, 0.3) is 11.2 Å². The van der Waals surface area contributed by atoms with E-state index in [1.54, 1.807) is 10.9 Å². The molecule has 5 aromatic rings. The molecule has 13 heteroatoms. The maximum absolute atomic E-state index is 13.1. The van der Waals surface area contributed by atoms with Crippen LogP contribution in [0.15, 0.2) is 79.1 Å². The van der Waals surface area contributed by atoms with Crippen LogP contribution in [0.3, 0.4) is 0 Å². The largest absolute Gasteiger partial charge is 0.416 e. The van der Waals surface area contributed by atoms with Crippen LogP contribution in [0.5, 0.6) is 0 Å². The summed E-state index contributed by atoms with van der Waals surface area (Å²) in [5, 5.41) is 6.72. The van der Waals surface area contributed by atoms with Crippen molar-refractivity contribution in [3.05, 3.63) is 90.3 Å². The number of rotatable bonds is 8. The zero-order valence-electron chi connectivity index (χ0n) is 25.0. The summed E-state index contributed by atoms with van der Waals surface area (Å²) in [5.74, 6) is 0.857. The molecule has 0 atom stereocenters. The number of nitrogens with zero attached hydrogens (tertiary/aromatic N) is 6. The van der Waals surface area contributed by atoms with Gasteiger partial charge < -0.3 is 34.5 Å². The number of hydrogen-bond acceptors (Lipinski definition) is 9. The third-order valence-electron chi connectivity index (χ3n) is 8.10. The van der Waals surface area contributed by atoms with Crippen molar-refractivity contribution >= 4 is 45.7 Å². The van der Waals surface area contributed by atoms with Crippen LogP contribution in [0.4, 0.5) is 47.7 Å². The molecule has 0 aliphatic carbocycles. The lowest BCUT2D eigenvalue weighted by molar-refractivity contribution is -0.137. The second-order valence-corrected chi connectivity index (χ2v) is 11.2. The van der Waals surface area contributed by atoms with Gasteiger partial charge in [-0.2, -0.15) is 23.1 Å². The van der Waals surface area contributed by atoms with Gasteiger partial charge in [-0.1, -0.05) is 12.1 Å². The summed E-state index contributed by atoms with van der Waals surface area (Å²) in [4.78, 5) is 18.7. The lowest BCUT2D eigenvalue weighted by atomic mass is 10.1. The van der Waals surface area contributed by atoms with E-state index in [0.29, 0.717) is 54.9 Å². The van der Waals surface area contributed by atoms with Gasteiger partial charge in [-0.15, -0.1) is 0 Å². The molecule has 0 spiro atoms. The zero-order chi connectivity index (χ0) is 31.5. The smallest absolute Gasteiger partial charge is 0.378 e. The fourth-order valence-electron chi connectivity index (χ4n) is 5.62. The number of nitrogens with one attached hydrogen (secondary N) is 2. The molecule has 2 N–H and O–H groups in total. The molecule has 238 valence electrons. The first-order valence-electron chi connectivity index (χ1n) is 15.2. The topological polar surface area (TPSA) is 92.6 Å². The van der Waals surface area contributed by atoms with Crippen molar-refractivity contribution in [3.63, 3.8) is 0 Å². The summed E-state index contributed by atoms with van der Waals surface area (Å²) in [6.07, 6.45) is -2.76. The second-order valence-electron chi connectivity index (χ2n) is 11.2. The number of halogens is 3. The number of alkyl halides is 3. The molecule has 2 saturated heterocycles. The summed E-state index contributed by atoms with van der Waals surface area (Å²) < 4.78 is 52.1. The molecule has 10 nitrogen and oxygen atoms in total. The molecule has 0 radical (unpaired) electrons. The van der Waals surface area contributed by atoms with E-state index < -0.39 is 11.7 Å². The van der Waals surface area contributed by atoms with Crippen LogP contribution in [0.2, 0.25) is 0 Å². The SMILES string of the molecule is FC(F)(F)c1ccc(Cn2cnc3c(Nc4ccc(N5CCOCC5)cc4)nc(Nc4ccc(N5CCOCC5)cc4)nc32)cc1. The van der Waals surface area contributed by atoms with Gasteiger partial charge in [0.2, 0.25) is 5.95 Å². The minimum atomic E-state index is -4.39. The van der Waals surface area contributed by atoms with Gasteiger partial charge in [-0.25, -0.2) is 4.98 Å². The van der Waals surface area contributed by atoms with E-state index in [4.69, 9.17) is 19.4 Å². The van der Waals surface area contributed by atoms with Crippen LogP contribution < -0.4 is 20.4 Å². The van der Waals surface area contributed by atoms with Crippen molar-refractivity contribution in [1.82, 2.24) is 19.5 Å². The highest BCUT2D eigenvalue weighted by Gasteiger charge is 2.30. The first-order valence-corrected chi connectivity index (χ1v) is 15.2. The Morgan fingerprint density at radius 3 is 1.76 bits per heavy atom. The van der Waals surface area contributed by atoms with Crippen molar-refractivity contribution in [3.8, 4) is 0 Å². The Bertz CT molecular complexity index is 1770. The number of aromatic nitrogens is 4.